The largest absolute Gasteiger partial charge is 0.328 e. The molecule has 4 heterocycles. The van der Waals surface area contributed by atoms with Crippen LogP contribution in [0.4, 0.5) is 0 Å². The first-order chi connectivity index (χ1) is 12.1. The molecular weight excluding hydrogens is 318 g/mol. The maximum atomic E-state index is 13.1. The van der Waals surface area contributed by atoms with Gasteiger partial charge in [-0.2, -0.15) is 10.2 Å². The molecule has 8 heteroatoms. The number of H-pyrrole nitrogens is 1. The Morgan fingerprint density at radius 2 is 2.20 bits per heavy atom. The van der Waals surface area contributed by atoms with Gasteiger partial charge < -0.3 is 4.90 Å². The van der Waals surface area contributed by atoms with Gasteiger partial charge in [-0.1, -0.05) is 6.07 Å². The van der Waals surface area contributed by atoms with E-state index in [1.165, 1.54) is 0 Å². The van der Waals surface area contributed by atoms with Crippen LogP contribution in [0.25, 0.3) is 5.82 Å². The lowest BCUT2D eigenvalue weighted by molar-refractivity contribution is 0.0729. The maximum absolute atomic E-state index is 13.1. The van der Waals surface area contributed by atoms with E-state index in [0.29, 0.717) is 23.8 Å². The number of nitrogens with zero attached hydrogens (tertiary/aromatic N) is 6. The average molecular weight is 337 g/mol. The van der Waals surface area contributed by atoms with Crippen molar-refractivity contribution in [1.29, 1.82) is 0 Å². The highest BCUT2D eigenvalue weighted by Gasteiger charge is 2.34. The summed E-state index contributed by atoms with van der Waals surface area (Å²) >= 11 is 0. The Balaban J connectivity index is 1.64. The Morgan fingerprint density at radius 3 is 2.92 bits per heavy atom. The van der Waals surface area contributed by atoms with Crippen LogP contribution in [0.2, 0.25) is 0 Å². The molecule has 4 rings (SSSR count). The van der Waals surface area contributed by atoms with E-state index >= 15 is 0 Å². The van der Waals surface area contributed by atoms with Crippen LogP contribution in [-0.2, 0) is 0 Å². The number of aromatic amines is 1. The number of amides is 1. The van der Waals surface area contributed by atoms with Gasteiger partial charge in [0.2, 0.25) is 0 Å². The third-order valence-corrected chi connectivity index (χ3v) is 4.53. The van der Waals surface area contributed by atoms with Crippen LogP contribution in [0.5, 0.6) is 0 Å². The molecule has 0 bridgehead atoms. The highest BCUT2D eigenvalue weighted by molar-refractivity contribution is 5.95. The van der Waals surface area contributed by atoms with Crippen LogP contribution >= 0.6 is 0 Å². The fourth-order valence-electron chi connectivity index (χ4n) is 3.27. The van der Waals surface area contributed by atoms with Gasteiger partial charge in [0.1, 0.15) is 5.82 Å². The number of hydrogen-bond donors (Lipinski definition) is 1. The molecule has 25 heavy (non-hydrogen) atoms. The molecule has 0 aliphatic carbocycles. The lowest BCUT2D eigenvalue weighted by Crippen LogP contribution is -2.31. The number of aromatic nitrogens is 6. The number of pyridine rings is 1. The normalized spacial score (nSPS) is 17.2. The molecule has 128 valence electrons. The van der Waals surface area contributed by atoms with Crippen LogP contribution < -0.4 is 0 Å². The Bertz CT molecular complexity index is 899. The van der Waals surface area contributed by atoms with Gasteiger partial charge >= 0.3 is 0 Å². The van der Waals surface area contributed by atoms with Crippen LogP contribution in [0.1, 0.15) is 46.6 Å². The number of nitrogens with one attached hydrogen (secondary N) is 1. The number of rotatable bonds is 3. The summed E-state index contributed by atoms with van der Waals surface area (Å²) in [6.45, 7) is 4.45. The third kappa shape index (κ3) is 2.69. The van der Waals surface area contributed by atoms with Crippen molar-refractivity contribution in [3.63, 3.8) is 0 Å². The summed E-state index contributed by atoms with van der Waals surface area (Å²) in [5.74, 6) is 2.10. The zero-order valence-corrected chi connectivity index (χ0v) is 14.2. The highest BCUT2D eigenvalue weighted by atomic mass is 16.2. The van der Waals surface area contributed by atoms with Crippen molar-refractivity contribution < 1.29 is 4.79 Å². The van der Waals surface area contributed by atoms with Gasteiger partial charge in [-0.15, -0.1) is 0 Å². The molecule has 3 aromatic rings. The number of likely N-dealkylation sites (tertiary alicyclic amines) is 1. The molecule has 1 amide bonds. The van der Waals surface area contributed by atoms with Crippen molar-refractivity contribution in [3.8, 4) is 5.82 Å². The predicted molar refractivity (Wildman–Crippen MR) is 90.2 cm³/mol. The van der Waals surface area contributed by atoms with Gasteiger partial charge in [0, 0.05) is 12.7 Å². The summed E-state index contributed by atoms with van der Waals surface area (Å²) in [7, 11) is 0. The molecule has 0 aromatic carbocycles. The summed E-state index contributed by atoms with van der Waals surface area (Å²) in [5, 5.41) is 11.4. The second kappa shape index (κ2) is 6.12. The number of carbonyl (C=O) groups excluding carboxylic acids is 1. The molecule has 8 nitrogen and oxygen atoms in total. The number of hydrogen-bond acceptors (Lipinski definition) is 5. The molecule has 0 spiro atoms. The minimum Gasteiger partial charge on any atom is -0.328 e. The van der Waals surface area contributed by atoms with E-state index in [1.807, 2.05) is 36.9 Å². The summed E-state index contributed by atoms with van der Waals surface area (Å²) in [6, 6.07) is 5.52. The van der Waals surface area contributed by atoms with E-state index in [9.17, 15) is 4.79 Å². The number of carbonyl (C=O) groups is 1. The molecule has 1 unspecified atom stereocenters. The van der Waals surface area contributed by atoms with Gasteiger partial charge in [-0.3, -0.25) is 9.89 Å². The van der Waals surface area contributed by atoms with Crippen molar-refractivity contribution in [2.45, 2.75) is 32.7 Å². The van der Waals surface area contributed by atoms with Crippen LogP contribution in [-0.4, -0.2) is 47.3 Å². The van der Waals surface area contributed by atoms with E-state index in [2.05, 4.69) is 25.3 Å². The van der Waals surface area contributed by atoms with E-state index in [0.717, 1.165) is 24.4 Å². The second-order valence-electron chi connectivity index (χ2n) is 6.18. The zero-order chi connectivity index (χ0) is 17.4. The molecule has 3 aromatic heterocycles. The number of aryl methyl sites for hydroxylation is 1. The van der Waals surface area contributed by atoms with Crippen molar-refractivity contribution in [1.82, 2.24) is 34.8 Å². The quantitative estimate of drug-likeness (QED) is 0.789. The minimum atomic E-state index is -0.0879. The van der Waals surface area contributed by atoms with Crippen LogP contribution in [0, 0.1) is 13.8 Å². The van der Waals surface area contributed by atoms with Crippen molar-refractivity contribution >= 4 is 5.91 Å². The Labute approximate surface area is 144 Å². The highest BCUT2D eigenvalue weighted by Crippen LogP contribution is 2.31. The monoisotopic (exact) mass is 337 g/mol. The van der Waals surface area contributed by atoms with E-state index < -0.39 is 0 Å². The Kier molecular flexibility index (Phi) is 3.79. The van der Waals surface area contributed by atoms with Crippen LogP contribution in [0.3, 0.4) is 0 Å². The molecule has 1 saturated heterocycles. The molecular formula is C17H19N7O. The van der Waals surface area contributed by atoms with Crippen LogP contribution in [0.15, 0.2) is 30.6 Å². The summed E-state index contributed by atoms with van der Waals surface area (Å²) in [6.07, 6.45) is 5.14. The predicted octanol–water partition coefficient (Wildman–Crippen LogP) is 1.98. The first-order valence-corrected chi connectivity index (χ1v) is 8.31. The molecule has 1 N–H and O–H groups in total. The van der Waals surface area contributed by atoms with Gasteiger partial charge in [-0.25, -0.2) is 14.6 Å². The van der Waals surface area contributed by atoms with Crippen molar-refractivity contribution in [2.24, 2.45) is 0 Å². The summed E-state index contributed by atoms with van der Waals surface area (Å²) < 4.78 is 1.69. The standard InChI is InChI=1S/C17H19N7O/c1-11-13(10-19-24(11)15-7-3-4-8-18-15)17(25)23-9-5-6-14(23)16-20-12(2)21-22-16/h3-4,7-8,10,14H,5-6,9H2,1-2H3,(H,20,21,22). The van der Waals surface area contributed by atoms with E-state index in [-0.39, 0.29) is 11.9 Å². The van der Waals surface area contributed by atoms with Crippen molar-refractivity contribution in [3.05, 3.63) is 53.5 Å². The Hall–Kier alpha value is -3.03. The summed E-state index contributed by atoms with van der Waals surface area (Å²) in [5.41, 5.74) is 1.37. The zero-order valence-electron chi connectivity index (χ0n) is 14.2. The molecule has 1 aliphatic heterocycles. The fraction of sp³-hybridized carbons (Fsp3) is 0.353. The first kappa shape index (κ1) is 15.5. The topological polar surface area (TPSA) is 92.6 Å². The fourth-order valence-corrected chi connectivity index (χ4v) is 3.27. The molecule has 0 radical (unpaired) electrons. The van der Waals surface area contributed by atoms with Gasteiger partial charge in [0.15, 0.2) is 11.6 Å². The Morgan fingerprint density at radius 1 is 1.32 bits per heavy atom. The smallest absolute Gasteiger partial charge is 0.257 e. The third-order valence-electron chi connectivity index (χ3n) is 4.53. The lowest BCUT2D eigenvalue weighted by Gasteiger charge is -2.22. The minimum absolute atomic E-state index is 0.0374. The van der Waals surface area contributed by atoms with Gasteiger partial charge in [0.25, 0.3) is 5.91 Å². The second-order valence-corrected chi connectivity index (χ2v) is 6.18. The summed E-state index contributed by atoms with van der Waals surface area (Å²) in [4.78, 5) is 23.6. The molecule has 0 saturated carbocycles. The van der Waals surface area contributed by atoms with E-state index in [4.69, 9.17) is 0 Å². The SMILES string of the molecule is Cc1nc(C2CCCN2C(=O)c2cnn(-c3ccccn3)c2C)n[nH]1. The maximum Gasteiger partial charge on any atom is 0.257 e. The van der Waals surface area contributed by atoms with Crippen molar-refractivity contribution in [2.75, 3.05) is 6.54 Å². The lowest BCUT2D eigenvalue weighted by atomic mass is 10.2. The van der Waals surface area contributed by atoms with Gasteiger partial charge in [0.05, 0.1) is 23.5 Å². The van der Waals surface area contributed by atoms with Gasteiger partial charge in [-0.05, 0) is 38.8 Å². The molecule has 1 aliphatic rings. The first-order valence-electron chi connectivity index (χ1n) is 8.31. The molecule has 1 fully saturated rings. The average Bonchev–Trinajstić information content (AvgIpc) is 3.34. The van der Waals surface area contributed by atoms with E-state index in [1.54, 1.807) is 17.1 Å². The molecule has 1 atom stereocenters.